The summed E-state index contributed by atoms with van der Waals surface area (Å²) in [6, 6.07) is 0.183. The molecule has 1 heterocycles. The molecule has 0 aliphatic heterocycles. The molecule has 0 aliphatic carbocycles. The zero-order valence-electron chi connectivity index (χ0n) is 9.79. The average Bonchev–Trinajstić information content (AvgIpc) is 2.25. The Kier molecular flexibility index (Phi) is 4.83. The van der Waals surface area contributed by atoms with Crippen molar-refractivity contribution in [1.82, 2.24) is 9.71 Å². The van der Waals surface area contributed by atoms with E-state index < -0.39 is 22.0 Å². The molecule has 1 atom stereocenters. The van der Waals surface area contributed by atoms with Crippen molar-refractivity contribution in [3.05, 3.63) is 22.9 Å². The SMILES string of the molecule is CC(C)C(NS(=O)(=O)c1cncc(Br)c1)C(=O)O. The summed E-state index contributed by atoms with van der Waals surface area (Å²) in [6.45, 7) is 3.25. The largest absolute Gasteiger partial charge is 0.480 e. The van der Waals surface area contributed by atoms with Crippen LogP contribution in [0.1, 0.15) is 13.8 Å². The number of aromatic nitrogens is 1. The van der Waals surface area contributed by atoms with Crippen molar-refractivity contribution >= 4 is 31.9 Å². The molecule has 0 fully saturated rings. The zero-order chi connectivity index (χ0) is 13.9. The standard InChI is InChI=1S/C10H13BrN2O4S/c1-6(2)9(10(14)15)13-18(16,17)8-3-7(11)4-12-5-8/h3-6,9,13H,1-2H3,(H,14,15). The molecule has 0 saturated carbocycles. The van der Waals surface area contributed by atoms with Gasteiger partial charge in [0.15, 0.2) is 0 Å². The fourth-order valence-electron chi connectivity index (χ4n) is 1.25. The highest BCUT2D eigenvalue weighted by molar-refractivity contribution is 9.10. The molecule has 1 rings (SSSR count). The van der Waals surface area contributed by atoms with Gasteiger partial charge < -0.3 is 5.11 Å². The molecule has 1 unspecified atom stereocenters. The molecule has 0 bridgehead atoms. The topological polar surface area (TPSA) is 96.4 Å². The first-order chi connectivity index (χ1) is 8.24. The second kappa shape index (κ2) is 5.77. The van der Waals surface area contributed by atoms with Gasteiger partial charge in [0.1, 0.15) is 10.9 Å². The molecule has 6 nitrogen and oxygen atoms in total. The number of aliphatic carboxylic acids is 1. The van der Waals surface area contributed by atoms with Gasteiger partial charge in [-0.15, -0.1) is 0 Å². The lowest BCUT2D eigenvalue weighted by molar-refractivity contribution is -0.140. The Morgan fingerprint density at radius 2 is 2.06 bits per heavy atom. The first-order valence-electron chi connectivity index (χ1n) is 5.09. The maximum atomic E-state index is 12.0. The van der Waals surface area contributed by atoms with Crippen LogP contribution in [0.5, 0.6) is 0 Å². The van der Waals surface area contributed by atoms with Gasteiger partial charge in [0, 0.05) is 16.9 Å². The smallest absolute Gasteiger partial charge is 0.322 e. The molecule has 0 aliphatic rings. The Labute approximate surface area is 114 Å². The van der Waals surface area contributed by atoms with Crippen LogP contribution in [-0.2, 0) is 14.8 Å². The van der Waals surface area contributed by atoms with Crippen LogP contribution in [0.2, 0.25) is 0 Å². The fraction of sp³-hybridized carbons (Fsp3) is 0.400. The van der Waals surface area contributed by atoms with Crippen molar-refractivity contribution in [3.63, 3.8) is 0 Å². The Morgan fingerprint density at radius 3 is 2.50 bits per heavy atom. The molecular weight excluding hydrogens is 324 g/mol. The van der Waals surface area contributed by atoms with Crippen LogP contribution in [0.4, 0.5) is 0 Å². The number of nitrogens with zero attached hydrogens (tertiary/aromatic N) is 1. The third-order valence-electron chi connectivity index (χ3n) is 2.20. The second-order valence-electron chi connectivity index (χ2n) is 4.02. The lowest BCUT2D eigenvalue weighted by Gasteiger charge is -2.17. The molecule has 100 valence electrons. The van der Waals surface area contributed by atoms with Gasteiger partial charge in [-0.05, 0) is 27.9 Å². The van der Waals surface area contributed by atoms with Gasteiger partial charge in [0.2, 0.25) is 10.0 Å². The van der Waals surface area contributed by atoms with Gasteiger partial charge >= 0.3 is 5.97 Å². The van der Waals surface area contributed by atoms with Crippen molar-refractivity contribution in [1.29, 1.82) is 0 Å². The number of hydrogen-bond acceptors (Lipinski definition) is 4. The summed E-state index contributed by atoms with van der Waals surface area (Å²) in [5, 5.41) is 8.96. The highest BCUT2D eigenvalue weighted by Gasteiger charge is 2.28. The monoisotopic (exact) mass is 336 g/mol. The number of sulfonamides is 1. The van der Waals surface area contributed by atoms with Gasteiger partial charge in [0.05, 0.1) is 0 Å². The Hall–Kier alpha value is -0.990. The van der Waals surface area contributed by atoms with E-state index in [1.54, 1.807) is 13.8 Å². The van der Waals surface area contributed by atoms with E-state index >= 15 is 0 Å². The maximum Gasteiger partial charge on any atom is 0.322 e. The minimum absolute atomic E-state index is 0.0798. The van der Waals surface area contributed by atoms with Crippen molar-refractivity contribution in [2.75, 3.05) is 0 Å². The van der Waals surface area contributed by atoms with E-state index in [1.807, 2.05) is 0 Å². The summed E-state index contributed by atoms with van der Waals surface area (Å²) in [6.07, 6.45) is 2.60. The van der Waals surface area contributed by atoms with E-state index in [9.17, 15) is 13.2 Å². The molecule has 0 aromatic carbocycles. The summed E-state index contributed by atoms with van der Waals surface area (Å²) in [7, 11) is -3.90. The molecule has 1 aromatic rings. The minimum atomic E-state index is -3.90. The van der Waals surface area contributed by atoms with Crippen LogP contribution in [0.3, 0.4) is 0 Å². The molecule has 8 heteroatoms. The summed E-state index contributed by atoms with van der Waals surface area (Å²) in [5.74, 6) is -1.58. The number of carboxylic acid groups (broad SMARTS) is 1. The van der Waals surface area contributed by atoms with E-state index in [2.05, 4.69) is 25.6 Å². The summed E-state index contributed by atoms with van der Waals surface area (Å²) in [4.78, 5) is 14.6. The van der Waals surface area contributed by atoms with Gasteiger partial charge in [-0.25, -0.2) is 8.42 Å². The van der Waals surface area contributed by atoms with Gasteiger partial charge in [-0.3, -0.25) is 9.78 Å². The van der Waals surface area contributed by atoms with E-state index in [0.29, 0.717) is 4.47 Å². The molecule has 0 amide bonds. The lowest BCUT2D eigenvalue weighted by Crippen LogP contribution is -2.44. The molecule has 0 spiro atoms. The molecule has 18 heavy (non-hydrogen) atoms. The average molecular weight is 337 g/mol. The van der Waals surface area contributed by atoms with Gasteiger partial charge in [0.25, 0.3) is 0 Å². The molecular formula is C10H13BrN2O4S. The minimum Gasteiger partial charge on any atom is -0.480 e. The number of rotatable bonds is 5. The normalized spacial score (nSPS) is 13.6. The Balaban J connectivity index is 3.05. The highest BCUT2D eigenvalue weighted by Crippen LogP contribution is 2.15. The van der Waals surface area contributed by atoms with Crippen LogP contribution < -0.4 is 4.72 Å². The van der Waals surface area contributed by atoms with E-state index in [-0.39, 0.29) is 10.8 Å². The maximum absolute atomic E-state index is 12.0. The predicted molar refractivity (Wildman–Crippen MR) is 68.5 cm³/mol. The molecule has 1 aromatic heterocycles. The number of hydrogen-bond donors (Lipinski definition) is 2. The van der Waals surface area contributed by atoms with Crippen molar-refractivity contribution in [2.45, 2.75) is 24.8 Å². The predicted octanol–water partition coefficient (Wildman–Crippen LogP) is 1.23. The van der Waals surface area contributed by atoms with E-state index in [0.717, 1.165) is 6.20 Å². The van der Waals surface area contributed by atoms with Crippen molar-refractivity contribution in [2.24, 2.45) is 5.92 Å². The van der Waals surface area contributed by atoms with Crippen LogP contribution in [-0.4, -0.2) is 30.5 Å². The Morgan fingerprint density at radius 1 is 1.44 bits per heavy atom. The number of carboxylic acids is 1. The summed E-state index contributed by atoms with van der Waals surface area (Å²) >= 11 is 3.11. The number of pyridine rings is 1. The van der Waals surface area contributed by atoms with Gasteiger partial charge in [-0.2, -0.15) is 4.72 Å². The van der Waals surface area contributed by atoms with E-state index in [4.69, 9.17) is 5.11 Å². The fourth-order valence-corrected chi connectivity index (χ4v) is 3.09. The highest BCUT2D eigenvalue weighted by atomic mass is 79.9. The lowest BCUT2D eigenvalue weighted by atomic mass is 10.1. The van der Waals surface area contributed by atoms with Crippen molar-refractivity contribution in [3.8, 4) is 0 Å². The third kappa shape index (κ3) is 3.76. The molecule has 0 radical (unpaired) electrons. The second-order valence-corrected chi connectivity index (χ2v) is 6.65. The summed E-state index contributed by atoms with van der Waals surface area (Å²) in [5.41, 5.74) is 0. The number of halogens is 1. The van der Waals surface area contributed by atoms with Crippen LogP contribution in [0.15, 0.2) is 27.8 Å². The summed E-state index contributed by atoms with van der Waals surface area (Å²) < 4.78 is 26.6. The first kappa shape index (κ1) is 15.1. The third-order valence-corrected chi connectivity index (χ3v) is 4.05. The Bertz CT molecular complexity index is 545. The van der Waals surface area contributed by atoms with Gasteiger partial charge in [-0.1, -0.05) is 13.8 Å². The first-order valence-corrected chi connectivity index (χ1v) is 7.37. The number of nitrogens with one attached hydrogen (secondary N) is 1. The van der Waals surface area contributed by atoms with Crippen molar-refractivity contribution < 1.29 is 18.3 Å². The van der Waals surface area contributed by atoms with Crippen LogP contribution in [0.25, 0.3) is 0 Å². The molecule has 0 saturated heterocycles. The molecule has 2 N–H and O–H groups in total. The zero-order valence-corrected chi connectivity index (χ0v) is 12.2. The number of carbonyl (C=O) groups is 1. The van der Waals surface area contributed by atoms with E-state index in [1.165, 1.54) is 12.3 Å². The van der Waals surface area contributed by atoms with Crippen LogP contribution in [0, 0.1) is 5.92 Å². The quantitative estimate of drug-likeness (QED) is 0.842. The van der Waals surface area contributed by atoms with Crippen LogP contribution >= 0.6 is 15.9 Å².